The number of anilines is 1. The standard InChI is InChI=1S/C20H17BrN4O2/c1-26-17-8-5-13(9-18(17)27-2)15-10-23-20-16(11-24-25(20)19(15)22)12-3-6-14(21)7-4-12/h3-11H,22H2,1-2H3. The highest BCUT2D eigenvalue weighted by molar-refractivity contribution is 9.10. The van der Waals surface area contributed by atoms with E-state index < -0.39 is 0 Å². The van der Waals surface area contributed by atoms with Crippen molar-refractivity contribution in [1.29, 1.82) is 0 Å². The molecule has 27 heavy (non-hydrogen) atoms. The van der Waals surface area contributed by atoms with E-state index >= 15 is 0 Å². The van der Waals surface area contributed by atoms with Gasteiger partial charge in [0.15, 0.2) is 17.1 Å². The van der Waals surface area contributed by atoms with Gasteiger partial charge >= 0.3 is 0 Å². The van der Waals surface area contributed by atoms with Crippen molar-refractivity contribution in [2.24, 2.45) is 0 Å². The molecule has 2 aromatic heterocycles. The van der Waals surface area contributed by atoms with Crippen LogP contribution in [0, 0.1) is 0 Å². The van der Waals surface area contributed by atoms with Crippen LogP contribution in [0.2, 0.25) is 0 Å². The van der Waals surface area contributed by atoms with Crippen LogP contribution in [0.4, 0.5) is 5.82 Å². The fraction of sp³-hybridized carbons (Fsp3) is 0.100. The van der Waals surface area contributed by atoms with Crippen molar-refractivity contribution in [2.75, 3.05) is 20.0 Å². The molecule has 0 radical (unpaired) electrons. The maximum absolute atomic E-state index is 6.41. The highest BCUT2D eigenvalue weighted by atomic mass is 79.9. The molecule has 4 rings (SSSR count). The first-order chi connectivity index (χ1) is 13.1. The maximum Gasteiger partial charge on any atom is 0.165 e. The number of hydrogen-bond acceptors (Lipinski definition) is 5. The Balaban J connectivity index is 1.83. The van der Waals surface area contributed by atoms with E-state index in [0.717, 1.165) is 26.7 Å². The summed E-state index contributed by atoms with van der Waals surface area (Å²) in [6.45, 7) is 0. The molecule has 2 heterocycles. The zero-order valence-electron chi connectivity index (χ0n) is 14.8. The van der Waals surface area contributed by atoms with Crippen LogP contribution >= 0.6 is 15.9 Å². The quantitative estimate of drug-likeness (QED) is 0.524. The van der Waals surface area contributed by atoms with Crippen LogP contribution in [0.15, 0.2) is 59.3 Å². The molecule has 4 aromatic rings. The lowest BCUT2D eigenvalue weighted by molar-refractivity contribution is 0.355. The number of aromatic nitrogens is 3. The number of hydrogen-bond donors (Lipinski definition) is 1. The van der Waals surface area contributed by atoms with Crippen molar-refractivity contribution in [2.45, 2.75) is 0 Å². The minimum absolute atomic E-state index is 0.510. The molecule has 2 aromatic carbocycles. The molecular weight excluding hydrogens is 408 g/mol. The Morgan fingerprint density at radius 3 is 2.30 bits per heavy atom. The van der Waals surface area contributed by atoms with Crippen molar-refractivity contribution in [3.8, 4) is 33.8 Å². The first-order valence-corrected chi connectivity index (χ1v) is 9.02. The minimum Gasteiger partial charge on any atom is -0.493 e. The van der Waals surface area contributed by atoms with Crippen LogP contribution < -0.4 is 15.2 Å². The summed E-state index contributed by atoms with van der Waals surface area (Å²) in [5.41, 5.74) is 10.7. The van der Waals surface area contributed by atoms with Gasteiger partial charge in [0.1, 0.15) is 5.82 Å². The van der Waals surface area contributed by atoms with Crippen LogP contribution in [0.25, 0.3) is 27.9 Å². The number of benzene rings is 2. The minimum atomic E-state index is 0.510. The summed E-state index contributed by atoms with van der Waals surface area (Å²) in [4.78, 5) is 4.61. The highest BCUT2D eigenvalue weighted by Crippen LogP contribution is 2.35. The summed E-state index contributed by atoms with van der Waals surface area (Å²) < 4.78 is 13.4. The van der Waals surface area contributed by atoms with Gasteiger partial charge in [0.05, 0.1) is 20.4 Å². The Kier molecular flexibility index (Phi) is 4.45. The summed E-state index contributed by atoms with van der Waals surface area (Å²) in [6, 6.07) is 13.6. The van der Waals surface area contributed by atoms with Crippen molar-refractivity contribution in [3.63, 3.8) is 0 Å². The highest BCUT2D eigenvalue weighted by Gasteiger charge is 2.15. The normalized spacial score (nSPS) is 10.9. The molecule has 0 aliphatic carbocycles. The fourth-order valence-electron chi connectivity index (χ4n) is 3.01. The maximum atomic E-state index is 6.41. The van der Waals surface area contributed by atoms with E-state index in [1.165, 1.54) is 0 Å². The van der Waals surface area contributed by atoms with Gasteiger partial charge in [-0.3, -0.25) is 0 Å². The van der Waals surface area contributed by atoms with Gasteiger partial charge in [-0.1, -0.05) is 34.1 Å². The fourth-order valence-corrected chi connectivity index (χ4v) is 3.27. The van der Waals surface area contributed by atoms with Crippen molar-refractivity contribution in [1.82, 2.24) is 14.6 Å². The van der Waals surface area contributed by atoms with E-state index in [2.05, 4.69) is 26.0 Å². The van der Waals surface area contributed by atoms with Crippen LogP contribution in [0.1, 0.15) is 0 Å². The number of rotatable bonds is 4. The van der Waals surface area contributed by atoms with E-state index in [0.29, 0.717) is 23.0 Å². The van der Waals surface area contributed by atoms with Crippen LogP contribution in [0.3, 0.4) is 0 Å². The molecule has 0 aliphatic rings. The second-order valence-corrected chi connectivity index (χ2v) is 6.84. The van der Waals surface area contributed by atoms with Crippen molar-refractivity contribution in [3.05, 3.63) is 59.3 Å². The lowest BCUT2D eigenvalue weighted by Gasteiger charge is -2.11. The number of nitrogens with zero attached hydrogens (tertiary/aromatic N) is 3. The molecule has 0 spiro atoms. The zero-order valence-corrected chi connectivity index (χ0v) is 16.4. The molecule has 136 valence electrons. The average molecular weight is 425 g/mol. The third-order valence-electron chi connectivity index (χ3n) is 4.41. The molecule has 0 saturated carbocycles. The average Bonchev–Trinajstić information content (AvgIpc) is 3.13. The third-order valence-corrected chi connectivity index (χ3v) is 4.94. The first-order valence-electron chi connectivity index (χ1n) is 8.23. The second kappa shape index (κ2) is 6.92. The predicted molar refractivity (Wildman–Crippen MR) is 109 cm³/mol. The van der Waals surface area contributed by atoms with E-state index in [9.17, 15) is 0 Å². The van der Waals surface area contributed by atoms with Crippen LogP contribution in [0.5, 0.6) is 11.5 Å². The number of fused-ring (bicyclic) bond motifs is 1. The number of ether oxygens (including phenoxy) is 2. The molecule has 2 N–H and O–H groups in total. The van der Waals surface area contributed by atoms with Crippen molar-refractivity contribution < 1.29 is 9.47 Å². The molecule has 7 heteroatoms. The van der Waals surface area contributed by atoms with Gasteiger partial charge in [-0.15, -0.1) is 0 Å². The lowest BCUT2D eigenvalue weighted by atomic mass is 10.1. The Hall–Kier alpha value is -3.06. The summed E-state index contributed by atoms with van der Waals surface area (Å²) in [5, 5.41) is 4.44. The van der Waals surface area contributed by atoms with Crippen LogP contribution in [-0.4, -0.2) is 28.8 Å². The monoisotopic (exact) mass is 424 g/mol. The lowest BCUT2D eigenvalue weighted by Crippen LogP contribution is -2.03. The Morgan fingerprint density at radius 1 is 0.889 bits per heavy atom. The Labute approximate surface area is 164 Å². The molecular formula is C20H17BrN4O2. The summed E-state index contributed by atoms with van der Waals surface area (Å²) in [6.07, 6.45) is 3.54. The molecule has 0 atom stereocenters. The molecule has 0 saturated heterocycles. The van der Waals surface area contributed by atoms with Crippen LogP contribution in [-0.2, 0) is 0 Å². The largest absolute Gasteiger partial charge is 0.493 e. The van der Waals surface area contributed by atoms with Gasteiger partial charge in [-0.25, -0.2) is 4.98 Å². The SMILES string of the molecule is COc1ccc(-c2cnc3c(-c4ccc(Br)cc4)cnn3c2N)cc1OC. The van der Waals surface area contributed by atoms with Gasteiger partial charge in [-0.2, -0.15) is 9.61 Å². The zero-order chi connectivity index (χ0) is 19.0. The smallest absolute Gasteiger partial charge is 0.165 e. The first kappa shape index (κ1) is 17.4. The van der Waals surface area contributed by atoms with E-state index in [4.69, 9.17) is 15.2 Å². The van der Waals surface area contributed by atoms with Gasteiger partial charge in [0, 0.05) is 21.8 Å². The van der Waals surface area contributed by atoms with E-state index in [-0.39, 0.29) is 0 Å². The van der Waals surface area contributed by atoms with Gasteiger partial charge in [-0.05, 0) is 35.4 Å². The van der Waals surface area contributed by atoms with Gasteiger partial charge in [0.2, 0.25) is 0 Å². The van der Waals surface area contributed by atoms with Gasteiger partial charge < -0.3 is 15.2 Å². The molecule has 0 unspecified atom stereocenters. The molecule has 0 aliphatic heterocycles. The second-order valence-electron chi connectivity index (χ2n) is 5.93. The summed E-state index contributed by atoms with van der Waals surface area (Å²) in [7, 11) is 3.21. The summed E-state index contributed by atoms with van der Waals surface area (Å²) in [5.74, 6) is 1.80. The number of nitrogen functional groups attached to an aromatic ring is 1. The summed E-state index contributed by atoms with van der Waals surface area (Å²) >= 11 is 3.45. The molecule has 0 bridgehead atoms. The van der Waals surface area contributed by atoms with Gasteiger partial charge in [0.25, 0.3) is 0 Å². The Bertz CT molecular complexity index is 1120. The van der Waals surface area contributed by atoms with E-state index in [1.54, 1.807) is 31.1 Å². The predicted octanol–water partition coefficient (Wildman–Crippen LogP) is 4.43. The Morgan fingerprint density at radius 2 is 1.59 bits per heavy atom. The van der Waals surface area contributed by atoms with E-state index in [1.807, 2.05) is 42.5 Å². The number of methoxy groups -OCH3 is 2. The molecule has 0 amide bonds. The van der Waals surface area contributed by atoms with Crippen molar-refractivity contribution >= 4 is 27.4 Å². The third kappa shape index (κ3) is 3.00. The number of nitrogens with two attached hydrogens (primary N) is 1. The molecule has 0 fully saturated rings. The molecule has 6 nitrogen and oxygen atoms in total. The number of halogens is 1. The topological polar surface area (TPSA) is 74.7 Å².